The summed E-state index contributed by atoms with van der Waals surface area (Å²) in [5, 5.41) is 6.92. The van der Waals surface area contributed by atoms with Gasteiger partial charge in [-0.25, -0.2) is 0 Å². The summed E-state index contributed by atoms with van der Waals surface area (Å²) in [7, 11) is 1.81. The molecule has 2 unspecified atom stereocenters. The molecule has 0 radical (unpaired) electrons. The number of ether oxygens (including phenoxy) is 1. The predicted octanol–water partition coefficient (Wildman–Crippen LogP) is 3.48. The van der Waals surface area contributed by atoms with Crippen molar-refractivity contribution in [1.29, 1.82) is 0 Å². The van der Waals surface area contributed by atoms with Crippen LogP contribution in [0.5, 0.6) is 5.75 Å². The van der Waals surface area contributed by atoms with Crippen LogP contribution >= 0.6 is 0 Å². The topological polar surface area (TPSA) is 45.7 Å². The monoisotopic (exact) mass is 323 g/mol. The molecule has 0 amide bonds. The van der Waals surface area contributed by atoms with Gasteiger partial charge in [0.2, 0.25) is 0 Å². The van der Waals surface area contributed by atoms with Gasteiger partial charge in [-0.3, -0.25) is 4.99 Å². The number of rotatable bonds is 4. The number of nitrogens with one attached hydrogen (secondary N) is 2. The highest BCUT2D eigenvalue weighted by Crippen LogP contribution is 2.32. The minimum absolute atomic E-state index is 0.208. The fourth-order valence-electron chi connectivity index (χ4n) is 3.07. The van der Waals surface area contributed by atoms with Crippen molar-refractivity contribution in [2.24, 2.45) is 4.99 Å². The van der Waals surface area contributed by atoms with Gasteiger partial charge in [0, 0.05) is 19.5 Å². The van der Waals surface area contributed by atoms with Crippen LogP contribution in [0.4, 0.5) is 0 Å². The zero-order chi connectivity index (χ0) is 16.8. The third kappa shape index (κ3) is 3.88. The number of para-hydroxylation sites is 1. The maximum atomic E-state index is 5.74. The first-order valence-electron chi connectivity index (χ1n) is 8.52. The summed E-state index contributed by atoms with van der Waals surface area (Å²) in [5.74, 6) is 2.28. The van der Waals surface area contributed by atoms with Crippen LogP contribution in [0.25, 0.3) is 0 Å². The molecule has 1 heterocycles. The second kappa shape index (κ2) is 7.86. The number of fused-ring (bicyclic) bond motifs is 1. The maximum Gasteiger partial charge on any atom is 0.191 e. The molecule has 2 N–H and O–H groups in total. The lowest BCUT2D eigenvalue weighted by Gasteiger charge is -2.27. The van der Waals surface area contributed by atoms with Gasteiger partial charge in [0.25, 0.3) is 0 Å². The van der Waals surface area contributed by atoms with Crippen LogP contribution in [-0.2, 0) is 0 Å². The average molecular weight is 323 g/mol. The van der Waals surface area contributed by atoms with Gasteiger partial charge in [0.1, 0.15) is 5.75 Å². The van der Waals surface area contributed by atoms with Crippen LogP contribution in [0.1, 0.15) is 36.4 Å². The van der Waals surface area contributed by atoms with E-state index in [0.29, 0.717) is 5.92 Å². The quantitative estimate of drug-likeness (QED) is 0.669. The molecular weight excluding hydrogens is 298 g/mol. The third-order valence-corrected chi connectivity index (χ3v) is 4.48. The standard InChI is InChI=1S/C20H25N3O/c1-15(16-8-4-3-5-9-16)23-20(21-2)22-14-17-12-13-24-19-11-7-6-10-18(17)19/h3-11,15,17H,12-14H2,1-2H3,(H2,21,22,23). The largest absolute Gasteiger partial charge is 0.493 e. The highest BCUT2D eigenvalue weighted by Gasteiger charge is 2.21. The van der Waals surface area contributed by atoms with Crippen LogP contribution in [0.2, 0.25) is 0 Å². The van der Waals surface area contributed by atoms with Crippen molar-refractivity contribution >= 4 is 5.96 Å². The number of guanidine groups is 1. The predicted molar refractivity (Wildman–Crippen MR) is 98.6 cm³/mol. The van der Waals surface area contributed by atoms with Gasteiger partial charge in [-0.05, 0) is 30.5 Å². The second-order valence-electron chi connectivity index (χ2n) is 6.10. The van der Waals surface area contributed by atoms with Gasteiger partial charge in [-0.15, -0.1) is 0 Å². The van der Waals surface area contributed by atoms with Crippen LogP contribution in [0.15, 0.2) is 59.6 Å². The zero-order valence-electron chi connectivity index (χ0n) is 14.3. The molecule has 1 aliphatic heterocycles. The van der Waals surface area contributed by atoms with E-state index >= 15 is 0 Å². The molecule has 0 spiro atoms. The Balaban J connectivity index is 1.59. The number of hydrogen-bond donors (Lipinski definition) is 2. The van der Waals surface area contributed by atoms with Crippen molar-refractivity contribution in [3.8, 4) is 5.75 Å². The van der Waals surface area contributed by atoms with Gasteiger partial charge >= 0.3 is 0 Å². The van der Waals surface area contributed by atoms with Gasteiger partial charge in [-0.1, -0.05) is 48.5 Å². The SMILES string of the molecule is CN=C(NCC1CCOc2ccccc21)NC(C)c1ccccc1. The first-order valence-corrected chi connectivity index (χ1v) is 8.52. The smallest absolute Gasteiger partial charge is 0.191 e. The number of hydrogen-bond acceptors (Lipinski definition) is 2. The Morgan fingerprint density at radius 2 is 1.92 bits per heavy atom. The third-order valence-electron chi connectivity index (χ3n) is 4.48. The van der Waals surface area contributed by atoms with Crippen LogP contribution in [0, 0.1) is 0 Å². The number of benzene rings is 2. The van der Waals surface area contributed by atoms with Gasteiger partial charge in [-0.2, -0.15) is 0 Å². The molecule has 0 bridgehead atoms. The summed E-state index contributed by atoms with van der Waals surface area (Å²) < 4.78 is 5.74. The fraction of sp³-hybridized carbons (Fsp3) is 0.350. The van der Waals surface area contributed by atoms with Crippen molar-refractivity contribution in [1.82, 2.24) is 10.6 Å². The van der Waals surface area contributed by atoms with Crippen LogP contribution < -0.4 is 15.4 Å². The lowest BCUT2D eigenvalue weighted by molar-refractivity contribution is 0.267. The Morgan fingerprint density at radius 3 is 2.71 bits per heavy atom. The molecular formula is C20H25N3O. The van der Waals surface area contributed by atoms with E-state index in [0.717, 1.165) is 31.3 Å². The fourth-order valence-corrected chi connectivity index (χ4v) is 3.07. The van der Waals surface area contributed by atoms with E-state index in [4.69, 9.17) is 4.74 Å². The molecule has 4 heteroatoms. The van der Waals surface area contributed by atoms with Crippen molar-refractivity contribution in [2.45, 2.75) is 25.3 Å². The van der Waals surface area contributed by atoms with Gasteiger partial charge in [0.05, 0.1) is 12.6 Å². The minimum atomic E-state index is 0.208. The molecule has 2 aromatic rings. The lowest BCUT2D eigenvalue weighted by Crippen LogP contribution is -2.41. The lowest BCUT2D eigenvalue weighted by atomic mass is 9.93. The maximum absolute atomic E-state index is 5.74. The molecule has 1 aliphatic rings. The summed E-state index contributed by atoms with van der Waals surface area (Å²) in [6, 6.07) is 18.9. The van der Waals surface area contributed by atoms with Crippen molar-refractivity contribution in [3.05, 3.63) is 65.7 Å². The summed E-state index contributed by atoms with van der Waals surface area (Å²) >= 11 is 0. The Morgan fingerprint density at radius 1 is 1.17 bits per heavy atom. The molecule has 0 saturated carbocycles. The molecule has 0 fully saturated rings. The minimum Gasteiger partial charge on any atom is -0.493 e. The van der Waals surface area contributed by atoms with E-state index in [-0.39, 0.29) is 6.04 Å². The molecule has 0 aliphatic carbocycles. The molecule has 2 atom stereocenters. The normalized spacial score (nSPS) is 18.2. The number of aliphatic imine (C=N–C) groups is 1. The first-order chi connectivity index (χ1) is 11.8. The average Bonchev–Trinajstić information content (AvgIpc) is 2.65. The Hall–Kier alpha value is -2.49. The van der Waals surface area contributed by atoms with E-state index in [1.165, 1.54) is 11.1 Å². The van der Waals surface area contributed by atoms with Gasteiger partial charge in [0.15, 0.2) is 5.96 Å². The van der Waals surface area contributed by atoms with E-state index in [2.05, 4.69) is 58.9 Å². The Kier molecular flexibility index (Phi) is 5.36. The summed E-state index contributed by atoms with van der Waals surface area (Å²) in [4.78, 5) is 4.36. The van der Waals surface area contributed by atoms with E-state index in [1.54, 1.807) is 0 Å². The van der Waals surface area contributed by atoms with Crippen molar-refractivity contribution < 1.29 is 4.74 Å². The first kappa shape index (κ1) is 16.4. The Labute approximate surface area is 144 Å². The highest BCUT2D eigenvalue weighted by molar-refractivity contribution is 5.80. The molecule has 4 nitrogen and oxygen atoms in total. The van der Waals surface area contributed by atoms with Gasteiger partial charge < -0.3 is 15.4 Å². The van der Waals surface area contributed by atoms with Crippen LogP contribution in [-0.4, -0.2) is 26.2 Å². The summed E-state index contributed by atoms with van der Waals surface area (Å²) in [5.41, 5.74) is 2.53. The summed E-state index contributed by atoms with van der Waals surface area (Å²) in [6.45, 7) is 3.77. The molecule has 3 rings (SSSR count). The van der Waals surface area contributed by atoms with Crippen molar-refractivity contribution in [3.63, 3.8) is 0 Å². The molecule has 0 aromatic heterocycles. The molecule has 24 heavy (non-hydrogen) atoms. The number of nitrogens with zero attached hydrogens (tertiary/aromatic N) is 1. The molecule has 126 valence electrons. The molecule has 0 saturated heterocycles. The van der Waals surface area contributed by atoms with E-state index in [1.807, 2.05) is 25.2 Å². The van der Waals surface area contributed by atoms with E-state index in [9.17, 15) is 0 Å². The van der Waals surface area contributed by atoms with Crippen molar-refractivity contribution in [2.75, 3.05) is 20.2 Å². The second-order valence-corrected chi connectivity index (χ2v) is 6.10. The molecule has 2 aromatic carbocycles. The zero-order valence-corrected chi connectivity index (χ0v) is 14.3. The van der Waals surface area contributed by atoms with Crippen LogP contribution in [0.3, 0.4) is 0 Å². The Bertz CT molecular complexity index is 684. The van der Waals surface area contributed by atoms with E-state index < -0.39 is 0 Å². The summed E-state index contributed by atoms with van der Waals surface area (Å²) in [6.07, 6.45) is 1.02. The highest BCUT2D eigenvalue weighted by atomic mass is 16.5.